The van der Waals surface area contributed by atoms with E-state index in [4.69, 9.17) is 5.73 Å². The molecule has 0 unspecified atom stereocenters. The van der Waals surface area contributed by atoms with Gasteiger partial charge in [-0.3, -0.25) is 0 Å². The Morgan fingerprint density at radius 3 is 2.39 bits per heavy atom. The number of anilines is 1. The predicted octanol–water partition coefficient (Wildman–Crippen LogP) is 2.88. The number of hydrogen-bond donors (Lipinski definition) is 1. The van der Waals surface area contributed by atoms with Crippen molar-refractivity contribution in [2.45, 2.75) is 39.0 Å². The molecule has 3 nitrogen and oxygen atoms in total. The summed E-state index contributed by atoms with van der Waals surface area (Å²) >= 11 is 0. The van der Waals surface area contributed by atoms with Gasteiger partial charge in [-0.1, -0.05) is 6.07 Å². The van der Waals surface area contributed by atoms with Crippen LogP contribution < -0.4 is 10.6 Å². The van der Waals surface area contributed by atoms with E-state index in [1.54, 1.807) is 32.9 Å². The molecule has 1 rings (SSSR count). The average molecular weight is 261 g/mol. The van der Waals surface area contributed by atoms with Crippen LogP contribution in [0.2, 0.25) is 0 Å². The first-order valence-corrected chi connectivity index (χ1v) is 5.76. The first kappa shape index (κ1) is 14.8. The fraction of sp³-hybridized carbons (Fsp3) is 0.583. The van der Waals surface area contributed by atoms with E-state index in [9.17, 15) is 13.2 Å². The van der Waals surface area contributed by atoms with Crippen molar-refractivity contribution in [2.75, 3.05) is 11.4 Å². The molecule has 0 spiro atoms. The van der Waals surface area contributed by atoms with Crippen LogP contribution in [-0.4, -0.2) is 23.7 Å². The Morgan fingerprint density at radius 2 is 1.94 bits per heavy atom. The zero-order valence-corrected chi connectivity index (χ0v) is 10.7. The molecule has 0 aromatic carbocycles. The van der Waals surface area contributed by atoms with Crippen LogP contribution in [0.15, 0.2) is 18.3 Å². The Hall–Kier alpha value is -1.30. The van der Waals surface area contributed by atoms with Gasteiger partial charge in [0.25, 0.3) is 0 Å². The maximum Gasteiger partial charge on any atom is 0.405 e. The molecule has 0 saturated carbocycles. The van der Waals surface area contributed by atoms with Gasteiger partial charge in [0.15, 0.2) is 0 Å². The molecule has 0 saturated heterocycles. The summed E-state index contributed by atoms with van der Waals surface area (Å²) in [5.41, 5.74) is 6.39. The van der Waals surface area contributed by atoms with E-state index < -0.39 is 12.7 Å². The maximum atomic E-state index is 12.6. The number of pyridine rings is 1. The van der Waals surface area contributed by atoms with E-state index in [0.717, 1.165) is 0 Å². The van der Waals surface area contributed by atoms with Crippen LogP contribution in [0.1, 0.15) is 32.4 Å². The van der Waals surface area contributed by atoms with Crippen molar-refractivity contribution in [3.63, 3.8) is 0 Å². The third kappa shape index (κ3) is 3.87. The van der Waals surface area contributed by atoms with E-state index >= 15 is 0 Å². The van der Waals surface area contributed by atoms with Crippen molar-refractivity contribution in [3.05, 3.63) is 23.9 Å². The molecule has 0 amide bonds. The molecule has 6 heteroatoms. The second-order valence-corrected chi connectivity index (χ2v) is 4.54. The van der Waals surface area contributed by atoms with Crippen LogP contribution in [0.3, 0.4) is 0 Å². The Morgan fingerprint density at radius 1 is 1.33 bits per heavy atom. The first-order valence-electron chi connectivity index (χ1n) is 5.76. The van der Waals surface area contributed by atoms with Crippen LogP contribution in [0.4, 0.5) is 19.0 Å². The number of nitrogens with zero attached hydrogens (tertiary/aromatic N) is 2. The number of hydrogen-bond acceptors (Lipinski definition) is 3. The molecular formula is C12H18F3N3. The van der Waals surface area contributed by atoms with Crippen molar-refractivity contribution in [1.29, 1.82) is 0 Å². The van der Waals surface area contributed by atoms with Crippen molar-refractivity contribution in [3.8, 4) is 0 Å². The van der Waals surface area contributed by atoms with Crippen LogP contribution in [0.5, 0.6) is 0 Å². The zero-order chi connectivity index (χ0) is 13.9. The predicted molar refractivity (Wildman–Crippen MR) is 65.4 cm³/mol. The van der Waals surface area contributed by atoms with Crippen LogP contribution in [0.25, 0.3) is 0 Å². The summed E-state index contributed by atoms with van der Waals surface area (Å²) in [6.07, 6.45) is -2.79. The molecule has 1 aromatic heterocycles. The van der Waals surface area contributed by atoms with Gasteiger partial charge < -0.3 is 10.6 Å². The maximum absolute atomic E-state index is 12.6. The second-order valence-electron chi connectivity index (χ2n) is 4.54. The van der Waals surface area contributed by atoms with E-state index in [-0.39, 0.29) is 12.1 Å². The second kappa shape index (κ2) is 5.56. The lowest BCUT2D eigenvalue weighted by molar-refractivity contribution is -0.120. The minimum Gasteiger partial charge on any atom is -0.345 e. The normalized spacial score (nSPS) is 13.8. The summed E-state index contributed by atoms with van der Waals surface area (Å²) in [4.78, 5) is 5.27. The molecular weight excluding hydrogens is 243 g/mol. The smallest absolute Gasteiger partial charge is 0.345 e. The number of halogens is 3. The Labute approximate surface area is 105 Å². The summed E-state index contributed by atoms with van der Waals surface area (Å²) in [5.74, 6) is 0.305. The van der Waals surface area contributed by atoms with E-state index in [2.05, 4.69) is 4.98 Å². The lowest BCUT2D eigenvalue weighted by Crippen LogP contribution is -2.40. The van der Waals surface area contributed by atoms with Gasteiger partial charge in [-0.05, 0) is 26.8 Å². The molecule has 0 radical (unpaired) electrons. The molecule has 102 valence electrons. The standard InChI is InChI=1S/C12H18F3N3/c1-8(2)18(7-12(13,14)15)11-10(9(3)16)5-4-6-17-11/h4-6,8-9H,7,16H2,1-3H3/t9-/m0/s1. The van der Waals surface area contributed by atoms with Crippen LogP contribution in [0, 0.1) is 0 Å². The van der Waals surface area contributed by atoms with Crippen molar-refractivity contribution in [1.82, 2.24) is 4.98 Å². The summed E-state index contributed by atoms with van der Waals surface area (Å²) in [6.45, 7) is 4.10. The van der Waals surface area contributed by atoms with E-state index in [1.165, 1.54) is 11.1 Å². The SMILES string of the molecule is CC(C)N(CC(F)(F)F)c1ncccc1[C@H](C)N. The highest BCUT2D eigenvalue weighted by molar-refractivity contribution is 5.49. The molecule has 1 heterocycles. The molecule has 1 atom stereocenters. The van der Waals surface area contributed by atoms with Gasteiger partial charge in [0, 0.05) is 23.8 Å². The molecule has 0 aliphatic heterocycles. The monoisotopic (exact) mass is 261 g/mol. The molecule has 0 aliphatic rings. The molecule has 0 aliphatic carbocycles. The lowest BCUT2D eigenvalue weighted by Gasteiger charge is -2.31. The van der Waals surface area contributed by atoms with Gasteiger partial charge in [0.1, 0.15) is 12.4 Å². The minimum atomic E-state index is -4.27. The van der Waals surface area contributed by atoms with Crippen molar-refractivity contribution >= 4 is 5.82 Å². The Balaban J connectivity index is 3.14. The Kier molecular flexibility index (Phi) is 4.56. The summed E-state index contributed by atoms with van der Waals surface area (Å²) in [5, 5.41) is 0. The van der Waals surface area contributed by atoms with Gasteiger partial charge in [0.2, 0.25) is 0 Å². The average Bonchev–Trinajstić information content (AvgIpc) is 2.24. The van der Waals surface area contributed by atoms with Crippen molar-refractivity contribution in [2.24, 2.45) is 5.73 Å². The van der Waals surface area contributed by atoms with Gasteiger partial charge in [-0.2, -0.15) is 13.2 Å². The fourth-order valence-corrected chi connectivity index (χ4v) is 1.70. The minimum absolute atomic E-state index is 0.305. The third-order valence-electron chi connectivity index (χ3n) is 2.55. The summed E-state index contributed by atoms with van der Waals surface area (Å²) in [6, 6.07) is 2.72. The van der Waals surface area contributed by atoms with Crippen LogP contribution in [-0.2, 0) is 0 Å². The lowest BCUT2D eigenvalue weighted by atomic mass is 10.1. The fourth-order valence-electron chi connectivity index (χ4n) is 1.70. The van der Waals surface area contributed by atoms with Crippen molar-refractivity contribution < 1.29 is 13.2 Å². The summed E-state index contributed by atoms with van der Waals surface area (Å²) in [7, 11) is 0. The highest BCUT2D eigenvalue weighted by Crippen LogP contribution is 2.27. The van der Waals surface area contributed by atoms with Gasteiger partial charge >= 0.3 is 6.18 Å². The first-order chi connectivity index (χ1) is 8.22. The quantitative estimate of drug-likeness (QED) is 0.906. The topological polar surface area (TPSA) is 42.2 Å². The largest absolute Gasteiger partial charge is 0.405 e. The number of rotatable bonds is 4. The molecule has 0 bridgehead atoms. The number of nitrogens with two attached hydrogens (primary N) is 1. The highest BCUT2D eigenvalue weighted by atomic mass is 19.4. The number of aromatic nitrogens is 1. The van der Waals surface area contributed by atoms with E-state index in [0.29, 0.717) is 11.4 Å². The van der Waals surface area contributed by atoms with Crippen LogP contribution >= 0.6 is 0 Å². The molecule has 18 heavy (non-hydrogen) atoms. The molecule has 0 fully saturated rings. The number of alkyl halides is 3. The van der Waals surface area contributed by atoms with Gasteiger partial charge in [0.05, 0.1) is 0 Å². The van der Waals surface area contributed by atoms with Gasteiger partial charge in [-0.25, -0.2) is 4.98 Å². The zero-order valence-electron chi connectivity index (χ0n) is 10.7. The summed E-state index contributed by atoms with van der Waals surface area (Å²) < 4.78 is 37.8. The highest BCUT2D eigenvalue weighted by Gasteiger charge is 2.33. The molecule has 1 aromatic rings. The Bertz CT molecular complexity index is 388. The molecule has 2 N–H and O–H groups in total. The van der Waals surface area contributed by atoms with E-state index in [1.807, 2.05) is 0 Å². The third-order valence-corrected chi connectivity index (χ3v) is 2.55. The van der Waals surface area contributed by atoms with Gasteiger partial charge in [-0.15, -0.1) is 0 Å².